The van der Waals surface area contributed by atoms with E-state index in [4.69, 9.17) is 5.11 Å². The lowest BCUT2D eigenvalue weighted by Crippen LogP contribution is -2.32. The van der Waals surface area contributed by atoms with Gasteiger partial charge in [-0.2, -0.15) is 0 Å². The van der Waals surface area contributed by atoms with Crippen molar-refractivity contribution in [1.82, 2.24) is 4.90 Å². The normalized spacial score (nSPS) is 18.4. The number of rotatable bonds is 3. The van der Waals surface area contributed by atoms with Crippen LogP contribution in [0.15, 0.2) is 35.3 Å². The van der Waals surface area contributed by atoms with Crippen LogP contribution in [0.4, 0.5) is 5.69 Å². The van der Waals surface area contributed by atoms with Crippen molar-refractivity contribution in [2.45, 2.75) is 0 Å². The highest BCUT2D eigenvalue weighted by Crippen LogP contribution is 2.22. The van der Waals surface area contributed by atoms with Crippen LogP contribution in [0.1, 0.15) is 0 Å². The molecule has 1 aliphatic heterocycles. The molecule has 0 aliphatic carbocycles. The van der Waals surface area contributed by atoms with E-state index in [0.717, 1.165) is 5.69 Å². The van der Waals surface area contributed by atoms with Crippen LogP contribution < -0.4 is 0 Å². The molecule has 1 heterocycles. The Hall–Kier alpha value is -1.33. The molecule has 5 heteroatoms. The van der Waals surface area contributed by atoms with Crippen LogP contribution in [0.5, 0.6) is 0 Å². The molecule has 2 rings (SSSR count). The summed E-state index contributed by atoms with van der Waals surface area (Å²) in [7, 11) is 0. The van der Waals surface area contributed by atoms with Gasteiger partial charge in [-0.05, 0) is 12.1 Å². The molecule has 0 spiro atoms. The molecule has 0 atom stereocenters. The van der Waals surface area contributed by atoms with Crippen molar-refractivity contribution < 1.29 is 9.90 Å². The Morgan fingerprint density at radius 1 is 1.38 bits per heavy atom. The van der Waals surface area contributed by atoms with E-state index in [2.05, 4.69) is 4.99 Å². The van der Waals surface area contributed by atoms with Crippen LogP contribution in [0.25, 0.3) is 0 Å². The van der Waals surface area contributed by atoms with Gasteiger partial charge in [0.25, 0.3) is 0 Å². The van der Waals surface area contributed by atoms with E-state index in [9.17, 15) is 4.79 Å². The van der Waals surface area contributed by atoms with Gasteiger partial charge in [0.2, 0.25) is 5.91 Å². The van der Waals surface area contributed by atoms with Crippen LogP contribution in [0.3, 0.4) is 0 Å². The second kappa shape index (κ2) is 5.14. The predicted molar refractivity (Wildman–Crippen MR) is 64.8 cm³/mol. The molecule has 0 radical (unpaired) electrons. The van der Waals surface area contributed by atoms with Gasteiger partial charge >= 0.3 is 0 Å². The second-order valence-electron chi connectivity index (χ2n) is 3.29. The van der Waals surface area contributed by atoms with Crippen LogP contribution in [-0.2, 0) is 4.79 Å². The third-order valence-electron chi connectivity index (χ3n) is 2.16. The highest BCUT2D eigenvalue weighted by atomic mass is 32.2. The molecule has 16 heavy (non-hydrogen) atoms. The van der Waals surface area contributed by atoms with E-state index in [1.807, 2.05) is 30.3 Å². The zero-order chi connectivity index (χ0) is 11.4. The lowest BCUT2D eigenvalue weighted by atomic mass is 10.3. The summed E-state index contributed by atoms with van der Waals surface area (Å²) in [5.41, 5.74) is 0.822. The maximum absolute atomic E-state index is 11.5. The molecule has 1 amide bonds. The van der Waals surface area contributed by atoms with Crippen molar-refractivity contribution in [2.75, 3.05) is 18.9 Å². The number of hydrogen-bond donors (Lipinski definition) is 1. The molecule has 0 unspecified atom stereocenters. The first-order chi connectivity index (χ1) is 7.81. The number of para-hydroxylation sites is 1. The molecule has 0 saturated carbocycles. The first kappa shape index (κ1) is 11.2. The van der Waals surface area contributed by atoms with Crippen molar-refractivity contribution in [1.29, 1.82) is 0 Å². The average Bonchev–Trinajstić information content (AvgIpc) is 2.64. The number of benzene rings is 1. The number of carbonyl (C=O) groups is 1. The first-order valence-electron chi connectivity index (χ1n) is 4.99. The second-order valence-corrected chi connectivity index (χ2v) is 4.23. The van der Waals surface area contributed by atoms with Crippen molar-refractivity contribution in [3.05, 3.63) is 30.3 Å². The fourth-order valence-electron chi connectivity index (χ4n) is 1.41. The summed E-state index contributed by atoms with van der Waals surface area (Å²) in [6, 6.07) is 9.48. The Kier molecular flexibility index (Phi) is 3.58. The predicted octanol–water partition coefficient (Wildman–Crippen LogP) is 1.24. The fourth-order valence-corrected chi connectivity index (χ4v) is 2.34. The van der Waals surface area contributed by atoms with E-state index < -0.39 is 0 Å². The van der Waals surface area contributed by atoms with Crippen molar-refractivity contribution in [3.8, 4) is 0 Å². The number of nitrogens with zero attached hydrogens (tertiary/aromatic N) is 2. The summed E-state index contributed by atoms with van der Waals surface area (Å²) in [4.78, 5) is 17.4. The minimum atomic E-state index is -0.0416. The fraction of sp³-hybridized carbons (Fsp3) is 0.273. The van der Waals surface area contributed by atoms with E-state index >= 15 is 0 Å². The number of aliphatic hydroxyl groups excluding tert-OH is 1. The van der Waals surface area contributed by atoms with Gasteiger partial charge in [-0.1, -0.05) is 30.0 Å². The van der Waals surface area contributed by atoms with Gasteiger partial charge in [-0.15, -0.1) is 0 Å². The number of β-amino-alcohol motifs (C(OH)–C–C–N with tert-alkyl or cyclic N) is 1. The molecular weight excluding hydrogens is 224 g/mol. The Morgan fingerprint density at radius 2 is 2.12 bits per heavy atom. The van der Waals surface area contributed by atoms with Gasteiger partial charge in [0.1, 0.15) is 0 Å². The van der Waals surface area contributed by atoms with E-state index in [-0.39, 0.29) is 12.5 Å². The lowest BCUT2D eigenvalue weighted by molar-refractivity contribution is -0.124. The molecule has 1 aromatic carbocycles. The standard InChI is InChI=1S/C11H12N2O2S/c14-7-6-13-10(15)8-16-11(13)12-9-4-2-1-3-5-9/h1-5,14H,6-8H2. The van der Waals surface area contributed by atoms with Crippen LogP contribution in [-0.4, -0.2) is 40.0 Å². The Morgan fingerprint density at radius 3 is 2.81 bits per heavy atom. The number of thioether (sulfide) groups is 1. The van der Waals surface area contributed by atoms with E-state index in [0.29, 0.717) is 17.5 Å². The number of carbonyl (C=O) groups excluding carboxylic acids is 1. The third-order valence-corrected chi connectivity index (χ3v) is 3.12. The highest BCUT2D eigenvalue weighted by molar-refractivity contribution is 8.15. The quantitative estimate of drug-likeness (QED) is 0.859. The molecule has 84 valence electrons. The maximum atomic E-state index is 11.5. The SMILES string of the molecule is O=C1CSC(=Nc2ccccc2)N1CCO. The summed E-state index contributed by atoms with van der Waals surface area (Å²) in [5.74, 6) is 0.416. The summed E-state index contributed by atoms with van der Waals surface area (Å²) in [6.07, 6.45) is 0. The summed E-state index contributed by atoms with van der Waals surface area (Å²) in [6.45, 7) is 0.275. The van der Waals surface area contributed by atoms with Gasteiger partial charge in [0.05, 0.1) is 24.6 Å². The summed E-state index contributed by atoms with van der Waals surface area (Å²) in [5, 5.41) is 9.54. The van der Waals surface area contributed by atoms with Gasteiger partial charge in [0.15, 0.2) is 5.17 Å². The number of aliphatic hydroxyl groups is 1. The Balaban J connectivity index is 2.20. The summed E-state index contributed by atoms with van der Waals surface area (Å²) >= 11 is 1.41. The third kappa shape index (κ3) is 2.43. The largest absolute Gasteiger partial charge is 0.395 e. The van der Waals surface area contributed by atoms with Gasteiger partial charge < -0.3 is 5.11 Å². The van der Waals surface area contributed by atoms with Crippen LogP contribution >= 0.6 is 11.8 Å². The van der Waals surface area contributed by atoms with E-state index in [1.54, 1.807) is 0 Å². The molecule has 0 aromatic heterocycles. The molecule has 0 bridgehead atoms. The van der Waals surface area contributed by atoms with E-state index in [1.165, 1.54) is 16.7 Å². The monoisotopic (exact) mass is 236 g/mol. The van der Waals surface area contributed by atoms with Crippen molar-refractivity contribution in [2.24, 2.45) is 4.99 Å². The van der Waals surface area contributed by atoms with Gasteiger partial charge in [-0.3, -0.25) is 9.69 Å². The van der Waals surface area contributed by atoms with Gasteiger partial charge in [0, 0.05) is 0 Å². The van der Waals surface area contributed by atoms with Crippen LogP contribution in [0.2, 0.25) is 0 Å². The topological polar surface area (TPSA) is 52.9 Å². The Bertz CT molecular complexity index is 406. The molecule has 4 nitrogen and oxygen atoms in total. The molecular formula is C11H12N2O2S. The minimum Gasteiger partial charge on any atom is -0.395 e. The number of amidine groups is 1. The first-order valence-corrected chi connectivity index (χ1v) is 5.97. The number of amides is 1. The zero-order valence-corrected chi connectivity index (χ0v) is 9.48. The molecule has 1 saturated heterocycles. The number of aliphatic imine (C=N–C) groups is 1. The average molecular weight is 236 g/mol. The zero-order valence-electron chi connectivity index (χ0n) is 8.67. The number of hydrogen-bond acceptors (Lipinski definition) is 4. The smallest absolute Gasteiger partial charge is 0.239 e. The molecule has 1 aliphatic rings. The molecule has 1 N–H and O–H groups in total. The van der Waals surface area contributed by atoms with Gasteiger partial charge in [-0.25, -0.2) is 4.99 Å². The van der Waals surface area contributed by atoms with Crippen molar-refractivity contribution >= 4 is 28.5 Å². The summed E-state index contributed by atoms with van der Waals surface area (Å²) < 4.78 is 0. The maximum Gasteiger partial charge on any atom is 0.239 e. The lowest BCUT2D eigenvalue weighted by Gasteiger charge is -2.13. The van der Waals surface area contributed by atoms with Crippen molar-refractivity contribution in [3.63, 3.8) is 0 Å². The Labute approximate surface area is 98.0 Å². The molecule has 1 aromatic rings. The molecule has 1 fully saturated rings. The van der Waals surface area contributed by atoms with Crippen LogP contribution in [0, 0.1) is 0 Å². The highest BCUT2D eigenvalue weighted by Gasteiger charge is 2.27. The minimum absolute atomic E-state index is 0.00808.